The molecule has 156 valence electrons. The van der Waals surface area contributed by atoms with Gasteiger partial charge in [-0.15, -0.1) is 24.0 Å². The van der Waals surface area contributed by atoms with Gasteiger partial charge in [0.1, 0.15) is 11.5 Å². The van der Waals surface area contributed by atoms with E-state index in [4.69, 9.17) is 9.15 Å². The topological polar surface area (TPSA) is 71.7 Å². The summed E-state index contributed by atoms with van der Waals surface area (Å²) in [6.45, 7) is 9.87. The van der Waals surface area contributed by atoms with Crippen molar-refractivity contribution in [2.75, 3.05) is 20.7 Å². The SMILES string of the molecule is CN=C(NCCC(C)c1ccc(OC)cc1)NCc1ncc(C(C)(C)C)o1.I. The minimum atomic E-state index is -0.0389. The lowest BCUT2D eigenvalue weighted by Crippen LogP contribution is -2.37. The summed E-state index contributed by atoms with van der Waals surface area (Å²) in [4.78, 5) is 8.59. The van der Waals surface area contributed by atoms with E-state index in [-0.39, 0.29) is 29.4 Å². The third-order valence-corrected chi connectivity index (χ3v) is 4.48. The first kappa shape index (κ1) is 24.3. The number of rotatable bonds is 7. The predicted molar refractivity (Wildman–Crippen MR) is 125 cm³/mol. The van der Waals surface area contributed by atoms with Crippen molar-refractivity contribution in [2.24, 2.45) is 4.99 Å². The molecule has 0 bridgehead atoms. The van der Waals surface area contributed by atoms with Gasteiger partial charge in [-0.1, -0.05) is 39.8 Å². The van der Waals surface area contributed by atoms with Crippen molar-refractivity contribution < 1.29 is 9.15 Å². The van der Waals surface area contributed by atoms with Gasteiger partial charge in [-0.2, -0.15) is 0 Å². The lowest BCUT2D eigenvalue weighted by Gasteiger charge is -2.15. The van der Waals surface area contributed by atoms with Crippen LogP contribution in [-0.2, 0) is 12.0 Å². The highest BCUT2D eigenvalue weighted by Gasteiger charge is 2.19. The standard InChI is InChI=1S/C21H32N4O2.HI/c1-15(16-7-9-17(26-6)10-8-16)11-12-23-20(22-5)25-14-19-24-13-18(27-19)21(2,3)4;/h7-10,13,15H,11-12,14H2,1-6H3,(H2,22,23,25);1H. The molecule has 0 saturated heterocycles. The number of ether oxygens (including phenoxy) is 1. The lowest BCUT2D eigenvalue weighted by atomic mass is 9.94. The van der Waals surface area contributed by atoms with Crippen molar-refractivity contribution in [3.05, 3.63) is 47.7 Å². The lowest BCUT2D eigenvalue weighted by molar-refractivity contribution is 0.379. The average molecular weight is 500 g/mol. The van der Waals surface area contributed by atoms with Crippen LogP contribution in [0.4, 0.5) is 0 Å². The normalized spacial score (nSPS) is 12.9. The van der Waals surface area contributed by atoms with E-state index in [0.717, 1.165) is 30.4 Å². The molecule has 0 aliphatic rings. The Morgan fingerprint density at radius 2 is 1.89 bits per heavy atom. The third-order valence-electron chi connectivity index (χ3n) is 4.48. The van der Waals surface area contributed by atoms with Crippen LogP contribution in [-0.4, -0.2) is 31.6 Å². The number of aliphatic imine (C=N–C) groups is 1. The third kappa shape index (κ3) is 7.33. The van der Waals surface area contributed by atoms with Gasteiger partial charge in [0.05, 0.1) is 19.9 Å². The highest BCUT2D eigenvalue weighted by Crippen LogP contribution is 2.23. The second-order valence-electron chi connectivity index (χ2n) is 7.68. The van der Waals surface area contributed by atoms with Crippen molar-refractivity contribution in [3.8, 4) is 5.75 Å². The zero-order valence-corrected chi connectivity index (χ0v) is 20.0. The Morgan fingerprint density at radius 1 is 1.21 bits per heavy atom. The molecule has 7 heteroatoms. The first-order chi connectivity index (χ1) is 12.8. The van der Waals surface area contributed by atoms with E-state index < -0.39 is 0 Å². The van der Waals surface area contributed by atoms with Crippen molar-refractivity contribution in [2.45, 2.75) is 52.0 Å². The van der Waals surface area contributed by atoms with Crippen LogP contribution in [0.1, 0.15) is 57.2 Å². The second kappa shape index (κ2) is 11.3. The number of oxazole rings is 1. The predicted octanol–water partition coefficient (Wildman–Crippen LogP) is 4.46. The number of nitrogens with one attached hydrogen (secondary N) is 2. The van der Waals surface area contributed by atoms with Crippen molar-refractivity contribution in [3.63, 3.8) is 0 Å². The number of hydrogen-bond donors (Lipinski definition) is 2. The van der Waals surface area contributed by atoms with Crippen LogP contribution in [0.25, 0.3) is 0 Å². The summed E-state index contributed by atoms with van der Waals surface area (Å²) in [6.07, 6.45) is 2.80. The van der Waals surface area contributed by atoms with E-state index in [1.54, 1.807) is 20.4 Å². The highest BCUT2D eigenvalue weighted by molar-refractivity contribution is 14.0. The fourth-order valence-electron chi connectivity index (χ4n) is 2.62. The molecule has 0 radical (unpaired) electrons. The minimum Gasteiger partial charge on any atom is -0.497 e. The summed E-state index contributed by atoms with van der Waals surface area (Å²) in [7, 11) is 3.45. The van der Waals surface area contributed by atoms with Gasteiger partial charge in [-0.25, -0.2) is 4.98 Å². The Hall–Kier alpha value is -1.77. The van der Waals surface area contributed by atoms with Gasteiger partial charge in [0.25, 0.3) is 0 Å². The molecule has 28 heavy (non-hydrogen) atoms. The number of benzene rings is 1. The van der Waals surface area contributed by atoms with Crippen LogP contribution >= 0.6 is 24.0 Å². The Balaban J connectivity index is 0.00000392. The van der Waals surface area contributed by atoms with Gasteiger partial charge in [-0.05, 0) is 30.0 Å². The van der Waals surface area contributed by atoms with Crippen LogP contribution in [0.15, 0.2) is 39.9 Å². The van der Waals surface area contributed by atoms with E-state index in [0.29, 0.717) is 18.4 Å². The Morgan fingerprint density at radius 3 is 2.43 bits per heavy atom. The molecule has 2 rings (SSSR count). The summed E-state index contributed by atoms with van der Waals surface area (Å²) in [5.41, 5.74) is 1.26. The molecule has 0 aliphatic heterocycles. The molecule has 0 aliphatic carbocycles. The molecule has 1 aromatic heterocycles. The molecular weight excluding hydrogens is 467 g/mol. The Bertz CT molecular complexity index is 736. The number of guanidine groups is 1. The molecule has 0 fully saturated rings. The molecular formula is C21H33IN4O2. The second-order valence-corrected chi connectivity index (χ2v) is 7.68. The maximum Gasteiger partial charge on any atom is 0.213 e. The van der Waals surface area contributed by atoms with Gasteiger partial charge in [-0.3, -0.25) is 4.99 Å². The average Bonchev–Trinajstić information content (AvgIpc) is 3.14. The first-order valence-electron chi connectivity index (χ1n) is 9.37. The maximum absolute atomic E-state index is 5.80. The zero-order valence-electron chi connectivity index (χ0n) is 17.7. The van der Waals surface area contributed by atoms with E-state index in [1.807, 2.05) is 12.1 Å². The summed E-state index contributed by atoms with van der Waals surface area (Å²) in [5, 5.41) is 6.59. The Labute approximate surface area is 185 Å². The minimum absolute atomic E-state index is 0. The van der Waals surface area contributed by atoms with E-state index in [1.165, 1.54) is 5.56 Å². The highest BCUT2D eigenvalue weighted by atomic mass is 127. The summed E-state index contributed by atoms with van der Waals surface area (Å²) >= 11 is 0. The zero-order chi connectivity index (χ0) is 19.9. The smallest absolute Gasteiger partial charge is 0.213 e. The quantitative estimate of drug-likeness (QED) is 0.334. The van der Waals surface area contributed by atoms with Gasteiger partial charge in [0.2, 0.25) is 5.89 Å². The number of halogens is 1. The maximum atomic E-state index is 5.80. The fraction of sp³-hybridized carbons (Fsp3) is 0.524. The van der Waals surface area contributed by atoms with Crippen LogP contribution in [0, 0.1) is 0 Å². The van der Waals surface area contributed by atoms with Crippen LogP contribution in [0.3, 0.4) is 0 Å². The number of methoxy groups -OCH3 is 1. The van der Waals surface area contributed by atoms with Crippen molar-refractivity contribution >= 4 is 29.9 Å². The molecule has 6 nitrogen and oxygen atoms in total. The van der Waals surface area contributed by atoms with E-state index >= 15 is 0 Å². The monoisotopic (exact) mass is 500 g/mol. The summed E-state index contributed by atoms with van der Waals surface area (Å²) in [5.74, 6) is 3.62. The molecule has 1 atom stereocenters. The molecule has 0 saturated carbocycles. The molecule has 1 heterocycles. The Kier molecular flexibility index (Phi) is 9.78. The number of aromatic nitrogens is 1. The van der Waals surface area contributed by atoms with Crippen LogP contribution in [0.5, 0.6) is 5.75 Å². The van der Waals surface area contributed by atoms with Gasteiger partial charge < -0.3 is 19.8 Å². The van der Waals surface area contributed by atoms with E-state index in [2.05, 4.69) is 60.4 Å². The van der Waals surface area contributed by atoms with Gasteiger partial charge >= 0.3 is 0 Å². The number of hydrogen-bond acceptors (Lipinski definition) is 4. The van der Waals surface area contributed by atoms with Gasteiger partial charge in [0.15, 0.2) is 5.96 Å². The molecule has 1 aromatic carbocycles. The molecule has 2 N–H and O–H groups in total. The molecule has 2 aromatic rings. The van der Waals surface area contributed by atoms with Crippen molar-refractivity contribution in [1.82, 2.24) is 15.6 Å². The van der Waals surface area contributed by atoms with Crippen LogP contribution in [0.2, 0.25) is 0 Å². The van der Waals surface area contributed by atoms with E-state index in [9.17, 15) is 0 Å². The first-order valence-corrected chi connectivity index (χ1v) is 9.37. The summed E-state index contributed by atoms with van der Waals surface area (Å²) in [6, 6.07) is 8.24. The molecule has 1 unspecified atom stereocenters. The number of nitrogens with zero attached hydrogens (tertiary/aromatic N) is 2. The molecule has 0 amide bonds. The fourth-order valence-corrected chi connectivity index (χ4v) is 2.62. The molecule has 0 spiro atoms. The van der Waals surface area contributed by atoms with Gasteiger partial charge in [0, 0.05) is 19.0 Å². The van der Waals surface area contributed by atoms with Crippen LogP contribution < -0.4 is 15.4 Å². The van der Waals surface area contributed by atoms with Crippen molar-refractivity contribution in [1.29, 1.82) is 0 Å². The largest absolute Gasteiger partial charge is 0.497 e. The summed E-state index contributed by atoms with van der Waals surface area (Å²) < 4.78 is 11.0.